The van der Waals surface area contributed by atoms with Gasteiger partial charge in [0.05, 0.1) is 13.2 Å². The summed E-state index contributed by atoms with van der Waals surface area (Å²) in [6, 6.07) is 0. The largest absolute Gasteiger partial charge is 0.472 e. The molecule has 0 bridgehead atoms. The van der Waals surface area contributed by atoms with Gasteiger partial charge >= 0.3 is 19.8 Å². The maximum atomic E-state index is 12.5. The molecule has 0 fully saturated rings. The summed E-state index contributed by atoms with van der Waals surface area (Å²) in [4.78, 5) is 34.7. The molecule has 0 aromatic rings. The Balaban J connectivity index is 4.33. The Kier molecular flexibility index (Phi) is 36.3. The van der Waals surface area contributed by atoms with Gasteiger partial charge in [0.1, 0.15) is 6.61 Å². The van der Waals surface area contributed by atoms with Crippen LogP contribution < -0.4 is 5.73 Å². The Labute approximate surface area is 316 Å². The van der Waals surface area contributed by atoms with Crippen LogP contribution in [0.2, 0.25) is 0 Å². The van der Waals surface area contributed by atoms with Crippen LogP contribution in [0.15, 0.2) is 72.9 Å². The second-order valence-corrected chi connectivity index (χ2v) is 14.2. The minimum absolute atomic E-state index is 0.0411. The van der Waals surface area contributed by atoms with Crippen molar-refractivity contribution >= 4 is 19.8 Å². The number of hydrogen-bond acceptors (Lipinski definition) is 8. The molecule has 0 aliphatic carbocycles. The average molecular weight is 750 g/mol. The fourth-order valence-electron chi connectivity index (χ4n) is 4.90. The van der Waals surface area contributed by atoms with E-state index in [1.165, 1.54) is 38.5 Å². The molecule has 2 atom stereocenters. The van der Waals surface area contributed by atoms with Gasteiger partial charge in [-0.15, -0.1) is 0 Å². The predicted octanol–water partition coefficient (Wildman–Crippen LogP) is 11.1. The maximum Gasteiger partial charge on any atom is 0.472 e. The van der Waals surface area contributed by atoms with Gasteiger partial charge in [-0.2, -0.15) is 0 Å². The first-order chi connectivity index (χ1) is 25.3. The highest BCUT2D eigenvalue weighted by atomic mass is 31.2. The quantitative estimate of drug-likeness (QED) is 0.0278. The first kappa shape index (κ1) is 49.5. The van der Waals surface area contributed by atoms with E-state index in [4.69, 9.17) is 24.3 Å². The second-order valence-electron chi connectivity index (χ2n) is 12.8. The fourth-order valence-corrected chi connectivity index (χ4v) is 5.66. The summed E-state index contributed by atoms with van der Waals surface area (Å²) in [5, 5.41) is 0. The standard InChI is InChI=1S/C42H72NO8P/c1-3-5-7-9-11-13-15-17-19-20-21-23-24-26-28-30-32-34-41(44)48-38-40(39-50-52(46,47)49-37-36-43)51-42(45)35-33-31-29-27-25-22-18-16-14-12-10-8-6-4-2/h5,7,11,13,16-19,21,23,26,28,40H,3-4,6,8-10,12,14-15,20,22,24-25,27,29-39,43H2,1-2H3,(H,46,47)/b7-5-,13-11-,18-16-,19-17-,23-21-,28-26-/t40-/m1/s1. The molecule has 0 aromatic heterocycles. The molecule has 0 spiro atoms. The lowest BCUT2D eigenvalue weighted by Crippen LogP contribution is -2.29. The molecule has 298 valence electrons. The molecule has 0 rings (SSSR count). The highest BCUT2D eigenvalue weighted by molar-refractivity contribution is 7.47. The van der Waals surface area contributed by atoms with Crippen molar-refractivity contribution in [1.82, 2.24) is 0 Å². The van der Waals surface area contributed by atoms with Crippen LogP contribution in [-0.4, -0.2) is 49.3 Å². The zero-order chi connectivity index (χ0) is 38.2. The predicted molar refractivity (Wildman–Crippen MR) is 215 cm³/mol. The van der Waals surface area contributed by atoms with Gasteiger partial charge in [-0.25, -0.2) is 4.57 Å². The number of rotatable bonds is 36. The lowest BCUT2D eigenvalue weighted by Gasteiger charge is -2.19. The van der Waals surface area contributed by atoms with Gasteiger partial charge in [-0.05, 0) is 77.0 Å². The summed E-state index contributed by atoms with van der Waals surface area (Å²) in [5.74, 6) is -0.914. The zero-order valence-electron chi connectivity index (χ0n) is 32.5. The summed E-state index contributed by atoms with van der Waals surface area (Å²) in [7, 11) is -4.39. The van der Waals surface area contributed by atoms with Crippen molar-refractivity contribution in [3.05, 3.63) is 72.9 Å². The molecule has 0 amide bonds. The average Bonchev–Trinajstić information content (AvgIpc) is 3.13. The number of ether oxygens (including phenoxy) is 2. The van der Waals surface area contributed by atoms with E-state index in [0.717, 1.165) is 70.6 Å². The van der Waals surface area contributed by atoms with Crippen molar-refractivity contribution in [2.24, 2.45) is 5.73 Å². The topological polar surface area (TPSA) is 134 Å². The summed E-state index contributed by atoms with van der Waals surface area (Å²) in [6.07, 6.45) is 45.1. The van der Waals surface area contributed by atoms with E-state index in [2.05, 4.69) is 80.7 Å². The van der Waals surface area contributed by atoms with E-state index >= 15 is 0 Å². The number of nitrogens with two attached hydrogens (primary N) is 1. The molecule has 0 radical (unpaired) electrons. The van der Waals surface area contributed by atoms with Crippen molar-refractivity contribution in [2.45, 2.75) is 155 Å². The highest BCUT2D eigenvalue weighted by Gasteiger charge is 2.25. The SMILES string of the molecule is CC/C=C\C/C=C\C/C=C\C/C=C\C/C=C\CCCC(=O)OC[C@H](COP(=O)(O)OCCN)OC(=O)CCCCCCC/C=C\CCCCCCC. The van der Waals surface area contributed by atoms with Gasteiger partial charge in [-0.1, -0.05) is 132 Å². The van der Waals surface area contributed by atoms with Crippen LogP contribution in [0.4, 0.5) is 0 Å². The van der Waals surface area contributed by atoms with Gasteiger partial charge in [-0.3, -0.25) is 18.6 Å². The maximum absolute atomic E-state index is 12.5. The van der Waals surface area contributed by atoms with Crippen LogP contribution in [-0.2, 0) is 32.7 Å². The second kappa shape index (κ2) is 38.2. The van der Waals surface area contributed by atoms with Gasteiger partial charge in [0.25, 0.3) is 0 Å². The number of carbonyl (C=O) groups is 2. The van der Waals surface area contributed by atoms with Crippen LogP contribution in [0.1, 0.15) is 149 Å². The van der Waals surface area contributed by atoms with E-state index in [9.17, 15) is 19.0 Å². The summed E-state index contributed by atoms with van der Waals surface area (Å²) < 4.78 is 32.6. The third kappa shape index (κ3) is 37.2. The van der Waals surface area contributed by atoms with E-state index in [-0.39, 0.29) is 32.6 Å². The molecule has 0 saturated carbocycles. The number of esters is 2. The third-order valence-corrected chi connectivity index (χ3v) is 8.81. The van der Waals surface area contributed by atoms with Gasteiger partial charge in [0.15, 0.2) is 6.10 Å². The van der Waals surface area contributed by atoms with Gasteiger partial charge in [0.2, 0.25) is 0 Å². The summed E-state index contributed by atoms with van der Waals surface area (Å²) >= 11 is 0. The minimum atomic E-state index is -4.39. The first-order valence-electron chi connectivity index (χ1n) is 19.9. The van der Waals surface area contributed by atoms with E-state index in [1.807, 2.05) is 6.08 Å². The number of allylic oxidation sites excluding steroid dienone is 12. The molecule has 10 heteroatoms. The van der Waals surface area contributed by atoms with Gasteiger partial charge < -0.3 is 20.1 Å². The molecule has 1 unspecified atom stereocenters. The lowest BCUT2D eigenvalue weighted by molar-refractivity contribution is -0.161. The Morgan fingerprint density at radius 3 is 1.65 bits per heavy atom. The minimum Gasteiger partial charge on any atom is -0.462 e. The Morgan fingerprint density at radius 2 is 1.08 bits per heavy atom. The van der Waals surface area contributed by atoms with E-state index in [0.29, 0.717) is 12.8 Å². The number of phosphoric ester groups is 1. The van der Waals surface area contributed by atoms with Crippen LogP contribution >= 0.6 is 7.82 Å². The molecular weight excluding hydrogens is 677 g/mol. The molecule has 0 heterocycles. The Hall–Kier alpha value is -2.55. The Bertz CT molecular complexity index is 1080. The van der Waals surface area contributed by atoms with E-state index < -0.39 is 32.5 Å². The summed E-state index contributed by atoms with van der Waals surface area (Å²) in [6.45, 7) is 3.51. The molecule has 3 N–H and O–H groups in total. The zero-order valence-corrected chi connectivity index (χ0v) is 33.4. The number of hydrogen-bond donors (Lipinski definition) is 2. The third-order valence-electron chi connectivity index (χ3n) is 7.83. The number of unbranched alkanes of at least 4 members (excludes halogenated alkanes) is 11. The highest BCUT2D eigenvalue weighted by Crippen LogP contribution is 2.43. The van der Waals surface area contributed by atoms with Crippen molar-refractivity contribution in [1.29, 1.82) is 0 Å². The van der Waals surface area contributed by atoms with Crippen LogP contribution in [0.3, 0.4) is 0 Å². The number of phosphoric acid groups is 1. The first-order valence-corrected chi connectivity index (χ1v) is 21.4. The fraction of sp³-hybridized carbons (Fsp3) is 0.667. The lowest BCUT2D eigenvalue weighted by atomic mass is 10.1. The van der Waals surface area contributed by atoms with Crippen molar-refractivity contribution in [2.75, 3.05) is 26.4 Å². The van der Waals surface area contributed by atoms with Crippen molar-refractivity contribution in [3.8, 4) is 0 Å². The van der Waals surface area contributed by atoms with Crippen molar-refractivity contribution < 1.29 is 37.6 Å². The smallest absolute Gasteiger partial charge is 0.462 e. The summed E-state index contributed by atoms with van der Waals surface area (Å²) in [5.41, 5.74) is 5.33. The normalized spacial score (nSPS) is 14.2. The van der Waals surface area contributed by atoms with Crippen molar-refractivity contribution in [3.63, 3.8) is 0 Å². The molecule has 9 nitrogen and oxygen atoms in total. The number of carbonyl (C=O) groups excluding carboxylic acids is 2. The molecule has 0 aliphatic rings. The Morgan fingerprint density at radius 1 is 0.596 bits per heavy atom. The molecule has 52 heavy (non-hydrogen) atoms. The van der Waals surface area contributed by atoms with E-state index in [1.54, 1.807) is 0 Å². The molecule has 0 saturated heterocycles. The van der Waals surface area contributed by atoms with Crippen LogP contribution in [0.25, 0.3) is 0 Å². The monoisotopic (exact) mass is 749 g/mol. The van der Waals surface area contributed by atoms with Gasteiger partial charge in [0, 0.05) is 19.4 Å². The molecule has 0 aliphatic heterocycles. The van der Waals surface area contributed by atoms with Crippen LogP contribution in [0.5, 0.6) is 0 Å². The molecular formula is C42H72NO8P. The van der Waals surface area contributed by atoms with Crippen LogP contribution in [0, 0.1) is 0 Å². The molecule has 0 aromatic carbocycles.